The van der Waals surface area contributed by atoms with Crippen molar-refractivity contribution in [3.8, 4) is 0 Å². The van der Waals surface area contributed by atoms with Crippen LogP contribution in [0.3, 0.4) is 0 Å². The summed E-state index contributed by atoms with van der Waals surface area (Å²) in [6.45, 7) is 9.14. The first-order valence-corrected chi connectivity index (χ1v) is 8.51. The molecule has 0 spiro atoms. The summed E-state index contributed by atoms with van der Waals surface area (Å²) in [6.07, 6.45) is 7.20. The molecule has 1 N–H and O–H groups in total. The van der Waals surface area contributed by atoms with E-state index in [1.165, 1.54) is 44.3 Å². The quantitative estimate of drug-likeness (QED) is 0.814. The van der Waals surface area contributed by atoms with Crippen molar-refractivity contribution in [2.75, 3.05) is 37.6 Å². The maximum atomic E-state index is 4.59. The summed E-state index contributed by atoms with van der Waals surface area (Å²) in [6, 6.07) is 5.13. The Labute approximate surface area is 128 Å². The predicted octanol–water partition coefficient (Wildman–Crippen LogP) is 2.26. The van der Waals surface area contributed by atoms with Gasteiger partial charge in [0.05, 0.1) is 0 Å². The molecule has 4 nitrogen and oxygen atoms in total. The molecule has 2 fully saturated rings. The van der Waals surface area contributed by atoms with Crippen LogP contribution in [0.2, 0.25) is 0 Å². The van der Waals surface area contributed by atoms with E-state index < -0.39 is 0 Å². The number of hydrogen-bond donors (Lipinski definition) is 1. The van der Waals surface area contributed by atoms with E-state index in [4.69, 9.17) is 0 Å². The molecule has 1 aromatic rings. The summed E-state index contributed by atoms with van der Waals surface area (Å²) in [7, 11) is 0. The monoisotopic (exact) mass is 288 g/mol. The average molecular weight is 288 g/mol. The number of likely N-dealkylation sites (tertiary alicyclic amines) is 1. The molecule has 1 unspecified atom stereocenters. The van der Waals surface area contributed by atoms with Crippen molar-refractivity contribution in [1.29, 1.82) is 0 Å². The van der Waals surface area contributed by atoms with Crippen molar-refractivity contribution < 1.29 is 0 Å². The van der Waals surface area contributed by atoms with Crippen LogP contribution in [0.15, 0.2) is 18.3 Å². The lowest BCUT2D eigenvalue weighted by molar-refractivity contribution is 0.260. The van der Waals surface area contributed by atoms with Gasteiger partial charge in [0.15, 0.2) is 0 Å². The lowest BCUT2D eigenvalue weighted by Crippen LogP contribution is -2.35. The molecular weight excluding hydrogens is 260 g/mol. The van der Waals surface area contributed by atoms with Gasteiger partial charge >= 0.3 is 0 Å². The van der Waals surface area contributed by atoms with E-state index in [1.807, 2.05) is 6.20 Å². The molecule has 0 aliphatic carbocycles. The lowest BCUT2D eigenvalue weighted by Gasteiger charge is -2.24. The fourth-order valence-corrected chi connectivity index (χ4v) is 3.51. The normalized spacial score (nSPS) is 23.1. The molecule has 2 aliphatic heterocycles. The summed E-state index contributed by atoms with van der Waals surface area (Å²) in [5.41, 5.74) is 1.35. The molecule has 21 heavy (non-hydrogen) atoms. The number of nitrogens with zero attached hydrogens (tertiary/aromatic N) is 3. The summed E-state index contributed by atoms with van der Waals surface area (Å²) < 4.78 is 0. The summed E-state index contributed by atoms with van der Waals surface area (Å²) in [5, 5.41) is 3.47. The average Bonchev–Trinajstić information content (AvgIpc) is 3.19. The Balaban J connectivity index is 1.57. The highest BCUT2D eigenvalue weighted by Gasteiger charge is 2.29. The summed E-state index contributed by atoms with van der Waals surface area (Å²) >= 11 is 0. The number of rotatable bonds is 6. The molecule has 0 aromatic carbocycles. The maximum absolute atomic E-state index is 4.59. The van der Waals surface area contributed by atoms with Crippen LogP contribution in [-0.4, -0.2) is 48.6 Å². The van der Waals surface area contributed by atoms with E-state index >= 15 is 0 Å². The van der Waals surface area contributed by atoms with Gasteiger partial charge in [-0.15, -0.1) is 0 Å². The van der Waals surface area contributed by atoms with Crippen molar-refractivity contribution in [2.24, 2.45) is 0 Å². The third-order valence-corrected chi connectivity index (χ3v) is 4.71. The van der Waals surface area contributed by atoms with Gasteiger partial charge in [-0.3, -0.25) is 4.90 Å². The van der Waals surface area contributed by atoms with Crippen molar-refractivity contribution in [2.45, 2.75) is 45.2 Å². The largest absolute Gasteiger partial charge is 0.355 e. The van der Waals surface area contributed by atoms with E-state index in [0.717, 1.165) is 38.0 Å². The fraction of sp³-hybridized carbons (Fsp3) is 0.706. The Morgan fingerprint density at radius 3 is 2.95 bits per heavy atom. The van der Waals surface area contributed by atoms with Gasteiger partial charge in [0.2, 0.25) is 0 Å². The highest BCUT2D eigenvalue weighted by atomic mass is 15.3. The van der Waals surface area contributed by atoms with Crippen LogP contribution in [0.25, 0.3) is 0 Å². The van der Waals surface area contributed by atoms with Crippen LogP contribution in [0.5, 0.6) is 0 Å². The van der Waals surface area contributed by atoms with Crippen molar-refractivity contribution in [3.05, 3.63) is 23.9 Å². The second-order valence-corrected chi connectivity index (χ2v) is 6.33. The standard InChI is InChI=1S/C17H28N4/c1-2-7-18-13-15-5-8-19-17(12-15)21-11-6-16(14-21)20-9-3-4-10-20/h5,8,12,16,18H,2-4,6-7,9-11,13-14H2,1H3. The summed E-state index contributed by atoms with van der Waals surface area (Å²) in [5.74, 6) is 1.16. The van der Waals surface area contributed by atoms with Gasteiger partial charge in [0, 0.05) is 31.9 Å². The van der Waals surface area contributed by atoms with Crippen LogP contribution in [-0.2, 0) is 6.54 Å². The number of nitrogens with one attached hydrogen (secondary N) is 1. The zero-order valence-electron chi connectivity index (χ0n) is 13.2. The number of anilines is 1. The molecule has 116 valence electrons. The molecule has 3 rings (SSSR count). The molecule has 4 heteroatoms. The highest BCUT2D eigenvalue weighted by Crippen LogP contribution is 2.24. The molecular formula is C17H28N4. The first-order valence-electron chi connectivity index (χ1n) is 8.51. The van der Waals surface area contributed by atoms with Gasteiger partial charge < -0.3 is 10.2 Å². The van der Waals surface area contributed by atoms with Crippen LogP contribution in [0.4, 0.5) is 5.82 Å². The third-order valence-electron chi connectivity index (χ3n) is 4.71. The van der Waals surface area contributed by atoms with E-state index in [-0.39, 0.29) is 0 Å². The second kappa shape index (κ2) is 7.23. The zero-order valence-corrected chi connectivity index (χ0v) is 13.2. The van der Waals surface area contributed by atoms with Gasteiger partial charge in [-0.1, -0.05) is 6.92 Å². The molecule has 2 aliphatic rings. The van der Waals surface area contributed by atoms with E-state index in [0.29, 0.717) is 0 Å². The fourth-order valence-electron chi connectivity index (χ4n) is 3.51. The van der Waals surface area contributed by atoms with Crippen LogP contribution < -0.4 is 10.2 Å². The zero-order chi connectivity index (χ0) is 14.5. The summed E-state index contributed by atoms with van der Waals surface area (Å²) in [4.78, 5) is 9.73. The van der Waals surface area contributed by atoms with Crippen molar-refractivity contribution >= 4 is 5.82 Å². The molecule has 0 amide bonds. The Morgan fingerprint density at radius 2 is 2.14 bits per heavy atom. The van der Waals surface area contributed by atoms with Crippen LogP contribution >= 0.6 is 0 Å². The molecule has 1 aromatic heterocycles. The Hall–Kier alpha value is -1.13. The lowest BCUT2D eigenvalue weighted by atomic mass is 10.2. The second-order valence-electron chi connectivity index (χ2n) is 6.33. The molecule has 0 saturated carbocycles. The minimum absolute atomic E-state index is 0.746. The van der Waals surface area contributed by atoms with Gasteiger partial charge in [-0.2, -0.15) is 0 Å². The van der Waals surface area contributed by atoms with Crippen molar-refractivity contribution in [1.82, 2.24) is 15.2 Å². The smallest absolute Gasteiger partial charge is 0.128 e. The minimum Gasteiger partial charge on any atom is -0.355 e. The van der Waals surface area contributed by atoms with Gasteiger partial charge in [0.25, 0.3) is 0 Å². The Morgan fingerprint density at radius 1 is 1.29 bits per heavy atom. The Bertz CT molecular complexity index is 442. The van der Waals surface area contributed by atoms with Gasteiger partial charge in [0.1, 0.15) is 5.82 Å². The predicted molar refractivity (Wildman–Crippen MR) is 87.7 cm³/mol. The minimum atomic E-state index is 0.746. The van der Waals surface area contributed by atoms with Gasteiger partial charge in [-0.05, 0) is 63.0 Å². The van der Waals surface area contributed by atoms with Gasteiger partial charge in [-0.25, -0.2) is 4.98 Å². The van der Waals surface area contributed by atoms with Crippen LogP contribution in [0, 0.1) is 0 Å². The SMILES string of the molecule is CCCNCc1ccnc(N2CCC(N3CCCC3)C2)c1. The third kappa shape index (κ3) is 3.74. The first kappa shape index (κ1) is 14.8. The van der Waals surface area contributed by atoms with E-state index in [2.05, 4.69) is 39.2 Å². The molecule has 0 bridgehead atoms. The Kier molecular flexibility index (Phi) is 5.09. The topological polar surface area (TPSA) is 31.4 Å². The molecule has 2 saturated heterocycles. The number of hydrogen-bond acceptors (Lipinski definition) is 4. The highest BCUT2D eigenvalue weighted by molar-refractivity contribution is 5.42. The van der Waals surface area contributed by atoms with Crippen LogP contribution in [0.1, 0.15) is 38.2 Å². The van der Waals surface area contributed by atoms with E-state index in [9.17, 15) is 0 Å². The van der Waals surface area contributed by atoms with Crippen molar-refractivity contribution in [3.63, 3.8) is 0 Å². The molecule has 3 heterocycles. The molecule has 0 radical (unpaired) electrons. The first-order chi connectivity index (χ1) is 10.4. The maximum Gasteiger partial charge on any atom is 0.128 e. The number of pyridine rings is 1. The number of aromatic nitrogens is 1. The van der Waals surface area contributed by atoms with E-state index in [1.54, 1.807) is 0 Å². The molecule has 1 atom stereocenters.